The first kappa shape index (κ1) is 12.5. The molecule has 0 unspecified atom stereocenters. The second-order valence-corrected chi connectivity index (χ2v) is 4.54. The second-order valence-electron chi connectivity index (χ2n) is 4.54. The normalized spacial score (nSPS) is 10.7. The molecule has 0 saturated carbocycles. The Balaban J connectivity index is 2.00. The van der Waals surface area contributed by atoms with Crippen LogP contribution in [0.2, 0.25) is 0 Å². The zero-order valence-corrected chi connectivity index (χ0v) is 11.0. The minimum absolute atomic E-state index is 0.330. The van der Waals surface area contributed by atoms with Gasteiger partial charge < -0.3 is 4.90 Å². The van der Waals surface area contributed by atoms with Crippen LogP contribution in [0.5, 0.6) is 0 Å². The Hall–Kier alpha value is -2.56. The Kier molecular flexibility index (Phi) is 3.25. The predicted molar refractivity (Wildman–Crippen MR) is 75.8 cm³/mol. The maximum Gasteiger partial charge on any atom is 0.149 e. The van der Waals surface area contributed by atoms with Gasteiger partial charge in [0.1, 0.15) is 23.5 Å². The number of anilines is 1. The summed E-state index contributed by atoms with van der Waals surface area (Å²) in [5.41, 5.74) is 1.46. The highest BCUT2D eigenvalue weighted by molar-refractivity contribution is 5.89. The fourth-order valence-electron chi connectivity index (χ4n) is 2.18. The summed E-state index contributed by atoms with van der Waals surface area (Å²) in [6.07, 6.45) is 4.89. The van der Waals surface area contributed by atoms with E-state index in [0.717, 1.165) is 5.56 Å². The van der Waals surface area contributed by atoms with E-state index in [1.807, 2.05) is 30.1 Å². The molecule has 2 heterocycles. The van der Waals surface area contributed by atoms with Gasteiger partial charge in [0.25, 0.3) is 0 Å². The van der Waals surface area contributed by atoms with Crippen LogP contribution in [0.25, 0.3) is 10.9 Å². The maximum atomic E-state index is 13.7. The van der Waals surface area contributed by atoms with E-state index in [0.29, 0.717) is 23.3 Å². The highest BCUT2D eigenvalue weighted by Gasteiger charge is 2.11. The van der Waals surface area contributed by atoms with Gasteiger partial charge in [-0.25, -0.2) is 14.4 Å². The lowest BCUT2D eigenvalue weighted by atomic mass is 10.2. The molecule has 0 aliphatic heterocycles. The quantitative estimate of drug-likeness (QED) is 0.732. The molecule has 0 N–H and O–H groups in total. The Labute approximate surface area is 115 Å². The third-order valence-corrected chi connectivity index (χ3v) is 3.13. The number of hydrogen-bond acceptors (Lipinski definition) is 4. The molecule has 20 heavy (non-hydrogen) atoms. The summed E-state index contributed by atoms with van der Waals surface area (Å²) in [4.78, 5) is 14.2. The van der Waals surface area contributed by atoms with Crippen LogP contribution in [0, 0.1) is 5.82 Å². The van der Waals surface area contributed by atoms with E-state index in [1.54, 1.807) is 18.5 Å². The predicted octanol–water partition coefficient (Wildman–Crippen LogP) is 2.80. The summed E-state index contributed by atoms with van der Waals surface area (Å²) in [6.45, 7) is 0.672. The third-order valence-electron chi connectivity index (χ3n) is 3.13. The molecule has 2 aromatic heterocycles. The van der Waals surface area contributed by atoms with E-state index in [-0.39, 0.29) is 5.82 Å². The lowest BCUT2D eigenvalue weighted by Gasteiger charge is -2.19. The Bertz CT molecular complexity index is 730. The molecule has 0 aliphatic rings. The molecule has 5 heteroatoms. The summed E-state index contributed by atoms with van der Waals surface area (Å²) >= 11 is 0. The highest BCUT2D eigenvalue weighted by Crippen LogP contribution is 2.24. The molecule has 0 bridgehead atoms. The van der Waals surface area contributed by atoms with Gasteiger partial charge in [-0.05, 0) is 29.8 Å². The molecule has 0 saturated heterocycles. The van der Waals surface area contributed by atoms with E-state index in [4.69, 9.17) is 0 Å². The number of hydrogen-bond donors (Lipinski definition) is 0. The van der Waals surface area contributed by atoms with Crippen molar-refractivity contribution in [1.82, 2.24) is 15.0 Å². The summed E-state index contributed by atoms with van der Waals surface area (Å²) < 4.78 is 13.7. The summed E-state index contributed by atoms with van der Waals surface area (Å²) in [7, 11) is 1.92. The van der Waals surface area contributed by atoms with Crippen LogP contribution in [0.15, 0.2) is 49.1 Å². The van der Waals surface area contributed by atoms with Crippen LogP contribution >= 0.6 is 0 Å². The number of rotatable bonds is 3. The van der Waals surface area contributed by atoms with Crippen molar-refractivity contribution in [3.63, 3.8) is 0 Å². The zero-order chi connectivity index (χ0) is 13.9. The average molecular weight is 268 g/mol. The number of nitrogens with zero attached hydrogens (tertiary/aromatic N) is 4. The summed E-state index contributed by atoms with van der Waals surface area (Å²) in [5, 5.41) is 0.712. The largest absolute Gasteiger partial charge is 0.355 e. The highest BCUT2D eigenvalue weighted by atomic mass is 19.1. The molecular weight excluding hydrogens is 255 g/mol. The van der Waals surface area contributed by atoms with Crippen molar-refractivity contribution in [1.29, 1.82) is 0 Å². The minimum Gasteiger partial charge on any atom is -0.355 e. The van der Waals surface area contributed by atoms with E-state index in [9.17, 15) is 4.39 Å². The van der Waals surface area contributed by atoms with Gasteiger partial charge in [-0.1, -0.05) is 6.07 Å². The third kappa shape index (κ3) is 2.30. The molecule has 0 aliphatic carbocycles. The molecule has 4 nitrogen and oxygen atoms in total. The van der Waals surface area contributed by atoms with E-state index in [1.165, 1.54) is 12.4 Å². The summed E-state index contributed by atoms with van der Waals surface area (Å²) in [5.74, 6) is 0.384. The SMILES string of the molecule is CN(Cc1ccncc1)c1ncnc2c(F)cccc12. The summed E-state index contributed by atoms with van der Waals surface area (Å²) in [6, 6.07) is 8.80. The van der Waals surface area contributed by atoms with Crippen LogP contribution in [0.1, 0.15) is 5.56 Å². The van der Waals surface area contributed by atoms with Gasteiger partial charge in [0.15, 0.2) is 0 Å². The molecule has 3 rings (SSSR count). The first-order chi connectivity index (χ1) is 9.75. The Morgan fingerprint density at radius 2 is 1.90 bits per heavy atom. The van der Waals surface area contributed by atoms with Crippen molar-refractivity contribution >= 4 is 16.7 Å². The van der Waals surface area contributed by atoms with Crippen molar-refractivity contribution in [2.24, 2.45) is 0 Å². The molecule has 0 spiro atoms. The van der Waals surface area contributed by atoms with Crippen LogP contribution in [0.4, 0.5) is 10.2 Å². The van der Waals surface area contributed by atoms with Crippen LogP contribution in [0.3, 0.4) is 0 Å². The topological polar surface area (TPSA) is 41.9 Å². The van der Waals surface area contributed by atoms with E-state index < -0.39 is 0 Å². The van der Waals surface area contributed by atoms with Gasteiger partial charge in [0, 0.05) is 31.4 Å². The van der Waals surface area contributed by atoms with Crippen molar-refractivity contribution in [3.05, 3.63) is 60.4 Å². The molecule has 0 fully saturated rings. The number of aromatic nitrogens is 3. The van der Waals surface area contributed by atoms with Gasteiger partial charge >= 0.3 is 0 Å². The standard InChI is InChI=1S/C15H13FN4/c1-20(9-11-5-7-17-8-6-11)15-12-3-2-4-13(16)14(12)18-10-19-15/h2-8,10H,9H2,1H3. The van der Waals surface area contributed by atoms with Gasteiger partial charge in [0.05, 0.1) is 0 Å². The molecule has 0 radical (unpaired) electrons. The fourth-order valence-corrected chi connectivity index (χ4v) is 2.18. The zero-order valence-electron chi connectivity index (χ0n) is 11.0. The number of pyridine rings is 1. The van der Waals surface area contributed by atoms with E-state index >= 15 is 0 Å². The fraction of sp³-hybridized carbons (Fsp3) is 0.133. The number of benzene rings is 1. The van der Waals surface area contributed by atoms with Crippen LogP contribution in [-0.2, 0) is 6.54 Å². The van der Waals surface area contributed by atoms with Crippen molar-refractivity contribution in [2.75, 3.05) is 11.9 Å². The van der Waals surface area contributed by atoms with Gasteiger partial charge in [-0.15, -0.1) is 0 Å². The molecule has 1 aromatic carbocycles. The van der Waals surface area contributed by atoms with Crippen LogP contribution in [-0.4, -0.2) is 22.0 Å². The Morgan fingerprint density at radius 1 is 1.10 bits per heavy atom. The van der Waals surface area contributed by atoms with Crippen molar-refractivity contribution in [3.8, 4) is 0 Å². The average Bonchev–Trinajstić information content (AvgIpc) is 2.48. The molecule has 0 amide bonds. The smallest absolute Gasteiger partial charge is 0.149 e. The number of fused-ring (bicyclic) bond motifs is 1. The van der Waals surface area contributed by atoms with Gasteiger partial charge in [-0.3, -0.25) is 4.98 Å². The molecule has 3 aromatic rings. The maximum absolute atomic E-state index is 13.7. The number of halogens is 1. The first-order valence-corrected chi connectivity index (χ1v) is 6.25. The first-order valence-electron chi connectivity index (χ1n) is 6.25. The number of para-hydroxylation sites is 1. The lowest BCUT2D eigenvalue weighted by molar-refractivity contribution is 0.636. The lowest BCUT2D eigenvalue weighted by Crippen LogP contribution is -2.18. The van der Waals surface area contributed by atoms with Crippen molar-refractivity contribution < 1.29 is 4.39 Å². The van der Waals surface area contributed by atoms with Crippen molar-refractivity contribution in [2.45, 2.75) is 6.54 Å². The minimum atomic E-state index is -0.330. The van der Waals surface area contributed by atoms with Gasteiger partial charge in [-0.2, -0.15) is 0 Å². The van der Waals surface area contributed by atoms with Gasteiger partial charge in [0.2, 0.25) is 0 Å². The molecule has 100 valence electrons. The second kappa shape index (κ2) is 5.21. The molecular formula is C15H13FN4. The Morgan fingerprint density at radius 3 is 2.70 bits per heavy atom. The monoisotopic (exact) mass is 268 g/mol. The molecule has 0 atom stereocenters. The van der Waals surface area contributed by atoms with E-state index in [2.05, 4.69) is 15.0 Å². The van der Waals surface area contributed by atoms with Crippen LogP contribution < -0.4 is 4.90 Å².